The Kier molecular flexibility index (Phi) is 10.3. The van der Waals surface area contributed by atoms with Crippen molar-refractivity contribution in [1.82, 2.24) is 9.80 Å². The van der Waals surface area contributed by atoms with Crippen LogP contribution in [0.3, 0.4) is 0 Å². The van der Waals surface area contributed by atoms with Crippen LogP contribution in [-0.4, -0.2) is 82.2 Å². The first-order valence-electron chi connectivity index (χ1n) is 10.1. The third kappa shape index (κ3) is 7.77. The number of rotatable bonds is 12. The standard InChI is InChI=1S/C18H36BN3O5/c1-3-22(4-2)16(23)15-8-7-12-21(14-15)13-10-18(20,17(24)25)9-5-6-11-19(26)27/h15,26-27H,3-14,20H2,1-2H3,(H,24,25). The highest BCUT2D eigenvalue weighted by Crippen LogP contribution is 2.22. The molecular formula is C18H36BN3O5. The summed E-state index contributed by atoms with van der Waals surface area (Å²) in [5, 5.41) is 27.3. The topological polar surface area (TPSA) is 127 Å². The summed E-state index contributed by atoms with van der Waals surface area (Å²) >= 11 is 0. The lowest BCUT2D eigenvalue weighted by molar-refractivity contribution is -0.144. The smallest absolute Gasteiger partial charge is 0.451 e. The molecule has 9 heteroatoms. The molecule has 1 aliphatic heterocycles. The highest BCUT2D eigenvalue weighted by Gasteiger charge is 2.35. The van der Waals surface area contributed by atoms with Crippen LogP contribution >= 0.6 is 0 Å². The molecule has 1 saturated heterocycles. The molecule has 156 valence electrons. The van der Waals surface area contributed by atoms with Gasteiger partial charge in [0.25, 0.3) is 0 Å². The van der Waals surface area contributed by atoms with E-state index in [1.54, 1.807) is 0 Å². The molecule has 0 aromatic carbocycles. The van der Waals surface area contributed by atoms with Crippen molar-refractivity contribution in [3.63, 3.8) is 0 Å². The molecule has 5 N–H and O–H groups in total. The number of carbonyl (C=O) groups excluding carboxylic acids is 1. The number of piperidine rings is 1. The van der Waals surface area contributed by atoms with Crippen molar-refractivity contribution in [3.8, 4) is 0 Å². The van der Waals surface area contributed by atoms with Crippen LogP contribution in [0.5, 0.6) is 0 Å². The number of carbonyl (C=O) groups is 2. The number of aliphatic carboxylic acids is 1. The predicted molar refractivity (Wildman–Crippen MR) is 105 cm³/mol. The lowest BCUT2D eigenvalue weighted by Gasteiger charge is -2.36. The lowest BCUT2D eigenvalue weighted by Crippen LogP contribution is -2.51. The predicted octanol–water partition coefficient (Wildman–Crippen LogP) is 0.382. The molecule has 1 rings (SSSR count). The molecule has 1 amide bonds. The van der Waals surface area contributed by atoms with E-state index in [1.807, 2.05) is 18.7 Å². The van der Waals surface area contributed by atoms with Gasteiger partial charge in [0.2, 0.25) is 5.91 Å². The zero-order valence-electron chi connectivity index (χ0n) is 16.8. The van der Waals surface area contributed by atoms with Gasteiger partial charge in [-0.3, -0.25) is 9.59 Å². The van der Waals surface area contributed by atoms with Crippen LogP contribution in [0.25, 0.3) is 0 Å². The minimum atomic E-state index is -1.37. The highest BCUT2D eigenvalue weighted by molar-refractivity contribution is 6.40. The summed E-state index contributed by atoms with van der Waals surface area (Å²) in [7, 11) is -1.37. The van der Waals surface area contributed by atoms with Crippen LogP contribution in [-0.2, 0) is 9.59 Å². The molecule has 0 aromatic heterocycles. The summed E-state index contributed by atoms with van der Waals surface area (Å²) in [6.07, 6.45) is 3.69. The Bertz CT molecular complexity index is 476. The van der Waals surface area contributed by atoms with Crippen molar-refractivity contribution in [2.24, 2.45) is 11.7 Å². The summed E-state index contributed by atoms with van der Waals surface area (Å²) in [5.74, 6) is -0.869. The van der Waals surface area contributed by atoms with E-state index in [2.05, 4.69) is 4.90 Å². The van der Waals surface area contributed by atoms with E-state index in [4.69, 9.17) is 15.8 Å². The number of hydrogen-bond donors (Lipinski definition) is 4. The minimum absolute atomic E-state index is 0.0262. The number of likely N-dealkylation sites (tertiary alicyclic amines) is 1. The van der Waals surface area contributed by atoms with Gasteiger partial charge in [-0.25, -0.2) is 0 Å². The molecule has 0 spiro atoms. The van der Waals surface area contributed by atoms with Crippen LogP contribution in [0.4, 0.5) is 0 Å². The fourth-order valence-corrected chi connectivity index (χ4v) is 3.72. The van der Waals surface area contributed by atoms with E-state index in [1.165, 1.54) is 0 Å². The SMILES string of the molecule is CCN(CC)C(=O)C1CCCN(CCC(N)(CCCCB(O)O)C(=O)O)C1. The summed E-state index contributed by atoms with van der Waals surface area (Å²) < 4.78 is 0. The van der Waals surface area contributed by atoms with Crippen LogP contribution in [0.1, 0.15) is 52.4 Å². The molecule has 8 nitrogen and oxygen atoms in total. The zero-order valence-corrected chi connectivity index (χ0v) is 16.8. The second-order valence-corrected chi connectivity index (χ2v) is 7.59. The second kappa shape index (κ2) is 11.6. The Balaban J connectivity index is 2.54. The monoisotopic (exact) mass is 385 g/mol. The van der Waals surface area contributed by atoms with Gasteiger partial charge in [-0.1, -0.05) is 12.8 Å². The molecule has 2 atom stereocenters. The van der Waals surface area contributed by atoms with E-state index >= 15 is 0 Å². The normalized spacial score (nSPS) is 20.1. The molecule has 0 aromatic rings. The number of nitrogens with zero attached hydrogens (tertiary/aromatic N) is 2. The summed E-state index contributed by atoms with van der Waals surface area (Å²) in [5.41, 5.74) is 4.81. The Morgan fingerprint density at radius 2 is 1.89 bits per heavy atom. The first-order valence-corrected chi connectivity index (χ1v) is 10.1. The van der Waals surface area contributed by atoms with Crippen molar-refractivity contribution < 1.29 is 24.7 Å². The maximum absolute atomic E-state index is 12.6. The number of hydrogen-bond acceptors (Lipinski definition) is 6. The minimum Gasteiger partial charge on any atom is -0.480 e. The van der Waals surface area contributed by atoms with Gasteiger partial charge >= 0.3 is 13.1 Å². The Hall–Kier alpha value is -1.16. The van der Waals surface area contributed by atoms with Gasteiger partial charge in [-0.2, -0.15) is 0 Å². The third-order valence-electron chi connectivity index (χ3n) is 5.57. The average Bonchev–Trinajstić information content (AvgIpc) is 2.64. The molecule has 0 aliphatic carbocycles. The van der Waals surface area contributed by atoms with Gasteiger partial charge in [0, 0.05) is 26.2 Å². The van der Waals surface area contributed by atoms with Gasteiger partial charge in [0.15, 0.2) is 0 Å². The van der Waals surface area contributed by atoms with Gasteiger partial charge in [-0.05, 0) is 52.4 Å². The maximum Gasteiger partial charge on any atom is 0.451 e. The van der Waals surface area contributed by atoms with E-state index in [9.17, 15) is 14.7 Å². The van der Waals surface area contributed by atoms with Crippen LogP contribution in [0.15, 0.2) is 0 Å². The second-order valence-electron chi connectivity index (χ2n) is 7.59. The molecule has 1 heterocycles. The quantitative estimate of drug-likeness (QED) is 0.283. The fraction of sp³-hybridized carbons (Fsp3) is 0.889. The van der Waals surface area contributed by atoms with Crippen LogP contribution in [0.2, 0.25) is 6.32 Å². The Labute approximate surface area is 162 Å². The number of carboxylic acid groups (broad SMARTS) is 1. The number of amides is 1. The maximum atomic E-state index is 12.6. The lowest BCUT2D eigenvalue weighted by atomic mass is 9.81. The van der Waals surface area contributed by atoms with Crippen LogP contribution < -0.4 is 5.73 Å². The number of nitrogens with two attached hydrogens (primary N) is 1. The van der Waals surface area contributed by atoms with Gasteiger partial charge in [0.1, 0.15) is 5.54 Å². The van der Waals surface area contributed by atoms with E-state index in [-0.39, 0.29) is 18.1 Å². The molecule has 27 heavy (non-hydrogen) atoms. The third-order valence-corrected chi connectivity index (χ3v) is 5.57. The molecule has 1 aliphatic rings. The summed E-state index contributed by atoms with van der Waals surface area (Å²) in [4.78, 5) is 28.2. The zero-order chi connectivity index (χ0) is 20.4. The van der Waals surface area contributed by atoms with E-state index < -0.39 is 18.6 Å². The average molecular weight is 385 g/mol. The first kappa shape index (κ1) is 23.9. The van der Waals surface area contributed by atoms with Crippen molar-refractivity contribution in [2.75, 3.05) is 32.7 Å². The fourth-order valence-electron chi connectivity index (χ4n) is 3.72. The Morgan fingerprint density at radius 3 is 2.44 bits per heavy atom. The van der Waals surface area contributed by atoms with Crippen molar-refractivity contribution in [2.45, 2.75) is 64.2 Å². The van der Waals surface area contributed by atoms with Crippen LogP contribution in [0, 0.1) is 5.92 Å². The van der Waals surface area contributed by atoms with Crippen molar-refractivity contribution in [3.05, 3.63) is 0 Å². The molecule has 0 radical (unpaired) electrons. The molecule has 2 unspecified atom stereocenters. The van der Waals surface area contributed by atoms with Crippen molar-refractivity contribution in [1.29, 1.82) is 0 Å². The molecular weight excluding hydrogens is 349 g/mol. The largest absolute Gasteiger partial charge is 0.480 e. The molecule has 0 bridgehead atoms. The van der Waals surface area contributed by atoms with Crippen molar-refractivity contribution >= 4 is 19.0 Å². The number of carboxylic acids is 1. The van der Waals surface area contributed by atoms with Gasteiger partial charge in [0.05, 0.1) is 5.92 Å². The van der Waals surface area contributed by atoms with Gasteiger partial charge in [-0.15, -0.1) is 0 Å². The summed E-state index contributed by atoms with van der Waals surface area (Å²) in [6.45, 7) is 7.43. The van der Waals surface area contributed by atoms with E-state index in [0.29, 0.717) is 51.9 Å². The first-order chi connectivity index (χ1) is 12.7. The Morgan fingerprint density at radius 1 is 1.22 bits per heavy atom. The molecule has 0 saturated carbocycles. The highest BCUT2D eigenvalue weighted by atomic mass is 16.4. The van der Waals surface area contributed by atoms with E-state index in [0.717, 1.165) is 19.4 Å². The number of unbranched alkanes of at least 4 members (excludes halogenated alkanes) is 1. The molecule has 1 fully saturated rings. The summed E-state index contributed by atoms with van der Waals surface area (Å²) in [6, 6.07) is 0. The van der Waals surface area contributed by atoms with Gasteiger partial charge < -0.3 is 30.7 Å².